The van der Waals surface area contributed by atoms with Gasteiger partial charge in [-0.25, -0.2) is 4.98 Å². The molecule has 0 aliphatic rings. The lowest BCUT2D eigenvalue weighted by molar-refractivity contribution is -0.124. The number of carbonyl (C=O) groups excluding carboxylic acids is 1. The number of aryl methyl sites for hydroxylation is 1. The summed E-state index contributed by atoms with van der Waals surface area (Å²) in [5, 5.41) is 25.3. The maximum absolute atomic E-state index is 12.0. The van der Waals surface area contributed by atoms with Gasteiger partial charge in [-0.2, -0.15) is 10.2 Å². The number of nitrogens with one attached hydrogen (secondary N) is 2. The van der Waals surface area contributed by atoms with Gasteiger partial charge in [-0.1, -0.05) is 17.7 Å². The first kappa shape index (κ1) is 24.5. The van der Waals surface area contributed by atoms with E-state index in [1.54, 1.807) is 42.9 Å². The van der Waals surface area contributed by atoms with Gasteiger partial charge in [0.05, 0.1) is 29.4 Å². The van der Waals surface area contributed by atoms with Gasteiger partial charge in [0.15, 0.2) is 23.9 Å². The van der Waals surface area contributed by atoms with Gasteiger partial charge in [0.2, 0.25) is 0 Å². The van der Waals surface area contributed by atoms with Gasteiger partial charge < -0.3 is 19.9 Å². The first-order valence-corrected chi connectivity index (χ1v) is 11.3. The van der Waals surface area contributed by atoms with Crippen molar-refractivity contribution in [2.24, 2.45) is 7.05 Å². The normalized spacial score (nSPS) is 11.6. The number of rotatable bonds is 9. The number of hydrogen-bond donors (Lipinski definition) is 3. The summed E-state index contributed by atoms with van der Waals surface area (Å²) < 4.78 is 12.8. The Morgan fingerprint density at radius 1 is 1.26 bits per heavy atom. The van der Waals surface area contributed by atoms with Gasteiger partial charge in [-0.3, -0.25) is 14.6 Å². The molecular weight excluding hydrogens is 472 g/mol. The van der Waals surface area contributed by atoms with Crippen LogP contribution in [0.3, 0.4) is 0 Å². The maximum atomic E-state index is 12.0. The fourth-order valence-electron chi connectivity index (χ4n) is 3.46. The summed E-state index contributed by atoms with van der Waals surface area (Å²) >= 11 is 6.57. The zero-order valence-corrected chi connectivity index (χ0v) is 20.7. The Balaban J connectivity index is 1.48. The van der Waals surface area contributed by atoms with E-state index in [-0.39, 0.29) is 19.1 Å². The number of carbonyl (C=O) groups is 1. The van der Waals surface area contributed by atoms with E-state index in [0.29, 0.717) is 28.8 Å². The highest BCUT2D eigenvalue weighted by Gasteiger charge is 2.17. The number of aromatic amines is 1. The Hall–Kier alpha value is -3.63. The molecule has 1 amide bonds. The Labute approximate surface area is 207 Å². The van der Waals surface area contributed by atoms with Crippen molar-refractivity contribution in [2.75, 3.05) is 20.3 Å². The van der Waals surface area contributed by atoms with Crippen LogP contribution in [0.1, 0.15) is 25.2 Å². The molecule has 10 nitrogen and oxygen atoms in total. The Morgan fingerprint density at radius 3 is 2.80 bits per heavy atom. The number of hydrogen-bond acceptors (Lipinski definition) is 7. The molecule has 4 rings (SSSR count). The third-order valence-electron chi connectivity index (χ3n) is 5.34. The van der Waals surface area contributed by atoms with E-state index in [0.717, 1.165) is 27.9 Å². The van der Waals surface area contributed by atoms with Crippen molar-refractivity contribution in [2.45, 2.75) is 25.9 Å². The largest absolute Gasteiger partial charge is 0.493 e. The molecule has 0 fully saturated rings. The molecule has 0 unspecified atom stereocenters. The van der Waals surface area contributed by atoms with Gasteiger partial charge in [0.25, 0.3) is 5.91 Å². The van der Waals surface area contributed by atoms with Crippen molar-refractivity contribution in [3.63, 3.8) is 0 Å². The molecule has 0 radical (unpaired) electrons. The van der Waals surface area contributed by atoms with E-state index in [2.05, 4.69) is 20.6 Å². The fraction of sp³-hybridized carbons (Fsp3) is 0.333. The summed E-state index contributed by atoms with van der Waals surface area (Å²) in [6.45, 7) is 3.14. The second-order valence-electron chi connectivity index (χ2n) is 8.77. The molecule has 0 saturated carbocycles. The number of fused-ring (bicyclic) bond motifs is 1. The third kappa shape index (κ3) is 5.72. The van der Waals surface area contributed by atoms with Crippen LogP contribution >= 0.6 is 11.6 Å². The molecule has 0 spiro atoms. The molecule has 3 N–H and O–H groups in total. The van der Waals surface area contributed by atoms with Crippen LogP contribution in [-0.4, -0.2) is 61.8 Å². The predicted molar refractivity (Wildman–Crippen MR) is 132 cm³/mol. The average Bonchev–Trinajstić information content (AvgIpc) is 3.44. The van der Waals surface area contributed by atoms with Crippen molar-refractivity contribution in [1.29, 1.82) is 0 Å². The molecule has 2 heterocycles. The lowest BCUT2D eigenvalue weighted by Crippen LogP contribution is -2.40. The van der Waals surface area contributed by atoms with Crippen molar-refractivity contribution < 1.29 is 19.4 Å². The van der Waals surface area contributed by atoms with E-state index < -0.39 is 5.60 Å². The van der Waals surface area contributed by atoms with E-state index in [4.69, 9.17) is 26.1 Å². The molecule has 11 heteroatoms. The number of ether oxygens (including phenoxy) is 2. The highest BCUT2D eigenvalue weighted by Crippen LogP contribution is 2.32. The van der Waals surface area contributed by atoms with Gasteiger partial charge in [0.1, 0.15) is 5.82 Å². The number of benzene rings is 2. The molecule has 184 valence electrons. The first-order chi connectivity index (χ1) is 16.6. The molecule has 0 bridgehead atoms. The number of aliphatic hydroxyl groups is 1. The zero-order valence-electron chi connectivity index (χ0n) is 19.9. The van der Waals surface area contributed by atoms with E-state index in [1.165, 1.54) is 7.11 Å². The Bertz CT molecular complexity index is 1360. The third-order valence-corrected chi connectivity index (χ3v) is 5.79. The van der Waals surface area contributed by atoms with Crippen molar-refractivity contribution in [1.82, 2.24) is 30.3 Å². The lowest BCUT2D eigenvalue weighted by atomic mass is 10.1. The van der Waals surface area contributed by atoms with Crippen molar-refractivity contribution in [3.8, 4) is 22.9 Å². The zero-order chi connectivity index (χ0) is 25.2. The molecule has 35 heavy (non-hydrogen) atoms. The molecule has 2 aromatic carbocycles. The number of aromatic nitrogens is 5. The van der Waals surface area contributed by atoms with Crippen LogP contribution in [0, 0.1) is 0 Å². The molecular formula is C24H27ClN6O4. The number of amides is 1. The van der Waals surface area contributed by atoms with Gasteiger partial charge in [0, 0.05) is 31.0 Å². The van der Waals surface area contributed by atoms with Crippen LogP contribution in [0.15, 0.2) is 36.5 Å². The van der Waals surface area contributed by atoms with Crippen LogP contribution in [0.25, 0.3) is 22.3 Å². The fourth-order valence-corrected chi connectivity index (χ4v) is 3.74. The standard InChI is InChI=1S/C24H27ClN6O4/c1-24(2,33)13-26-21(32)12-35-18-8-6-15(9-19(18)34-4)23-28-20(31(3)30-23)10-14-5-7-17-16(22(14)25)11-27-29-17/h5-9,11,33H,10,12-13H2,1-4H3,(H,26,32)(H,27,29). The highest BCUT2D eigenvalue weighted by atomic mass is 35.5. The van der Waals surface area contributed by atoms with Crippen LogP contribution in [0.5, 0.6) is 11.5 Å². The Kier molecular flexibility index (Phi) is 6.95. The van der Waals surface area contributed by atoms with Crippen molar-refractivity contribution in [3.05, 3.63) is 52.9 Å². The summed E-state index contributed by atoms with van der Waals surface area (Å²) in [6.07, 6.45) is 2.21. The quantitative estimate of drug-likeness (QED) is 0.324. The minimum Gasteiger partial charge on any atom is -0.493 e. The van der Waals surface area contributed by atoms with Crippen LogP contribution in [0.4, 0.5) is 0 Å². The first-order valence-electron chi connectivity index (χ1n) is 11.0. The Morgan fingerprint density at radius 2 is 2.06 bits per heavy atom. The van der Waals surface area contributed by atoms with E-state index in [1.807, 2.05) is 19.2 Å². The molecule has 0 saturated heterocycles. The van der Waals surface area contributed by atoms with Gasteiger partial charge >= 0.3 is 0 Å². The van der Waals surface area contributed by atoms with Gasteiger partial charge in [-0.15, -0.1) is 0 Å². The van der Waals surface area contributed by atoms with Crippen LogP contribution in [-0.2, 0) is 18.3 Å². The smallest absolute Gasteiger partial charge is 0.258 e. The summed E-state index contributed by atoms with van der Waals surface area (Å²) in [5.41, 5.74) is 1.54. The average molecular weight is 499 g/mol. The number of halogens is 1. The van der Waals surface area contributed by atoms with Crippen LogP contribution < -0.4 is 14.8 Å². The summed E-state index contributed by atoms with van der Waals surface area (Å²) in [5.74, 6) is 1.77. The maximum Gasteiger partial charge on any atom is 0.258 e. The predicted octanol–water partition coefficient (Wildman–Crippen LogP) is 2.88. The van der Waals surface area contributed by atoms with E-state index >= 15 is 0 Å². The summed E-state index contributed by atoms with van der Waals surface area (Å²) in [4.78, 5) is 16.7. The summed E-state index contributed by atoms with van der Waals surface area (Å²) in [7, 11) is 3.35. The minimum atomic E-state index is -0.999. The molecule has 0 aliphatic heterocycles. The highest BCUT2D eigenvalue weighted by molar-refractivity contribution is 6.36. The van der Waals surface area contributed by atoms with E-state index in [9.17, 15) is 9.90 Å². The molecule has 2 aromatic heterocycles. The van der Waals surface area contributed by atoms with Gasteiger partial charge in [-0.05, 0) is 43.7 Å². The SMILES string of the molecule is COc1cc(-c2nc(Cc3ccc4[nH]ncc4c3Cl)n(C)n2)ccc1OCC(=O)NCC(C)(C)O. The molecule has 4 aromatic rings. The monoisotopic (exact) mass is 498 g/mol. The molecule has 0 aliphatic carbocycles. The topological polar surface area (TPSA) is 127 Å². The van der Waals surface area contributed by atoms with Crippen molar-refractivity contribution >= 4 is 28.4 Å². The lowest BCUT2D eigenvalue weighted by Gasteiger charge is -2.18. The minimum absolute atomic E-state index is 0.125. The number of H-pyrrole nitrogens is 1. The second kappa shape index (κ2) is 9.93. The number of methoxy groups -OCH3 is 1. The molecule has 0 atom stereocenters. The van der Waals surface area contributed by atoms with Crippen LogP contribution in [0.2, 0.25) is 5.02 Å². The number of nitrogens with zero attached hydrogens (tertiary/aromatic N) is 4. The second-order valence-corrected chi connectivity index (χ2v) is 9.14. The summed E-state index contributed by atoms with van der Waals surface area (Å²) in [6, 6.07) is 9.15.